The number of benzene rings is 1. The highest BCUT2D eigenvalue weighted by Crippen LogP contribution is 2.50. The number of aryl methyl sites for hydroxylation is 1. The molecule has 19 heavy (non-hydrogen) atoms. The van der Waals surface area contributed by atoms with E-state index in [1.807, 2.05) is 0 Å². The van der Waals surface area contributed by atoms with E-state index in [4.69, 9.17) is 0 Å². The number of carboxylic acid groups (broad SMARTS) is 1. The van der Waals surface area contributed by atoms with Crippen LogP contribution in [0.25, 0.3) is 0 Å². The van der Waals surface area contributed by atoms with Crippen LogP contribution in [0, 0.1) is 12.8 Å². The van der Waals surface area contributed by atoms with E-state index < -0.39 is 5.97 Å². The number of fused-ring (bicyclic) bond motifs is 1. The molecule has 1 aliphatic rings. The second-order valence-corrected chi connectivity index (χ2v) is 7.15. The van der Waals surface area contributed by atoms with Gasteiger partial charge in [-0.2, -0.15) is 0 Å². The smallest absolute Gasteiger partial charge is 0.303 e. The molecule has 1 N–H and O–H groups in total. The molecule has 2 heteroatoms. The van der Waals surface area contributed by atoms with Crippen LogP contribution in [0.3, 0.4) is 0 Å². The molecule has 0 bridgehead atoms. The average Bonchev–Trinajstić information content (AvgIpc) is 2.25. The van der Waals surface area contributed by atoms with Crippen molar-refractivity contribution in [2.24, 2.45) is 5.92 Å². The number of carbonyl (C=O) groups is 1. The summed E-state index contributed by atoms with van der Waals surface area (Å²) in [7, 11) is 0. The summed E-state index contributed by atoms with van der Waals surface area (Å²) in [6.45, 7) is 10.9. The van der Waals surface area contributed by atoms with Crippen molar-refractivity contribution in [2.75, 3.05) is 0 Å². The van der Waals surface area contributed by atoms with Gasteiger partial charge in [-0.05, 0) is 41.2 Å². The standard InChI is InChI=1S/C17H24O2/c1-11-6-7-13-14(8-11)17(4,5)12(9-15(18)19)10-16(13,2)3/h6-8,12H,9-10H2,1-5H3,(H,18,19). The maximum atomic E-state index is 11.1. The molecule has 0 aliphatic heterocycles. The highest BCUT2D eigenvalue weighted by atomic mass is 16.4. The van der Waals surface area contributed by atoms with E-state index in [1.165, 1.54) is 16.7 Å². The van der Waals surface area contributed by atoms with E-state index in [9.17, 15) is 9.90 Å². The summed E-state index contributed by atoms with van der Waals surface area (Å²) >= 11 is 0. The summed E-state index contributed by atoms with van der Waals surface area (Å²) in [6, 6.07) is 6.63. The van der Waals surface area contributed by atoms with Gasteiger partial charge < -0.3 is 5.11 Å². The molecule has 0 saturated heterocycles. The summed E-state index contributed by atoms with van der Waals surface area (Å²) in [5, 5.41) is 9.17. The molecule has 0 amide bonds. The maximum Gasteiger partial charge on any atom is 0.303 e. The molecule has 2 nitrogen and oxygen atoms in total. The fraction of sp³-hybridized carbons (Fsp3) is 0.588. The number of hydrogen-bond donors (Lipinski definition) is 1. The van der Waals surface area contributed by atoms with E-state index >= 15 is 0 Å². The molecular weight excluding hydrogens is 236 g/mol. The lowest BCUT2D eigenvalue weighted by Gasteiger charge is -2.47. The third kappa shape index (κ3) is 2.41. The second kappa shape index (κ2) is 4.36. The van der Waals surface area contributed by atoms with E-state index in [2.05, 4.69) is 52.8 Å². The Morgan fingerprint density at radius 2 is 1.89 bits per heavy atom. The topological polar surface area (TPSA) is 37.3 Å². The molecule has 1 unspecified atom stereocenters. The van der Waals surface area contributed by atoms with E-state index in [0.717, 1.165) is 6.42 Å². The Balaban J connectivity index is 2.56. The van der Waals surface area contributed by atoms with Crippen LogP contribution < -0.4 is 0 Å². The van der Waals surface area contributed by atoms with Crippen molar-refractivity contribution < 1.29 is 9.90 Å². The fourth-order valence-electron chi connectivity index (χ4n) is 3.52. The quantitative estimate of drug-likeness (QED) is 0.871. The van der Waals surface area contributed by atoms with Gasteiger partial charge in [-0.1, -0.05) is 51.5 Å². The van der Waals surface area contributed by atoms with Crippen molar-refractivity contribution in [2.45, 2.75) is 58.3 Å². The molecule has 0 fully saturated rings. The van der Waals surface area contributed by atoms with Gasteiger partial charge >= 0.3 is 5.97 Å². The monoisotopic (exact) mass is 260 g/mol. The number of rotatable bonds is 2. The molecule has 0 saturated carbocycles. The zero-order valence-corrected chi connectivity index (χ0v) is 12.6. The highest BCUT2D eigenvalue weighted by Gasteiger charge is 2.44. The molecule has 0 aromatic heterocycles. The van der Waals surface area contributed by atoms with Crippen LogP contribution in [0.15, 0.2) is 18.2 Å². The Kier molecular flexibility index (Phi) is 3.24. The molecule has 104 valence electrons. The van der Waals surface area contributed by atoms with Crippen molar-refractivity contribution in [3.05, 3.63) is 34.9 Å². The summed E-state index contributed by atoms with van der Waals surface area (Å²) in [4.78, 5) is 11.1. The number of carboxylic acids is 1. The molecular formula is C17H24O2. The molecule has 0 radical (unpaired) electrons. The van der Waals surface area contributed by atoms with Crippen molar-refractivity contribution in [3.8, 4) is 0 Å². The van der Waals surface area contributed by atoms with Crippen LogP contribution >= 0.6 is 0 Å². The summed E-state index contributed by atoms with van der Waals surface area (Å²) in [5.41, 5.74) is 3.94. The van der Waals surface area contributed by atoms with Gasteiger partial charge in [0, 0.05) is 6.42 Å². The van der Waals surface area contributed by atoms with Crippen molar-refractivity contribution in [1.29, 1.82) is 0 Å². The molecule has 1 aliphatic carbocycles. The Morgan fingerprint density at radius 1 is 1.26 bits per heavy atom. The van der Waals surface area contributed by atoms with Crippen LogP contribution in [-0.4, -0.2) is 11.1 Å². The van der Waals surface area contributed by atoms with Gasteiger partial charge in [-0.15, -0.1) is 0 Å². The van der Waals surface area contributed by atoms with Gasteiger partial charge in [-0.3, -0.25) is 4.79 Å². The first-order valence-corrected chi connectivity index (χ1v) is 6.98. The molecule has 2 rings (SSSR count). The third-order valence-electron chi connectivity index (χ3n) is 4.80. The third-order valence-corrected chi connectivity index (χ3v) is 4.80. The van der Waals surface area contributed by atoms with Crippen molar-refractivity contribution in [1.82, 2.24) is 0 Å². The fourth-order valence-corrected chi connectivity index (χ4v) is 3.52. The van der Waals surface area contributed by atoms with Crippen LogP contribution in [0.5, 0.6) is 0 Å². The lowest BCUT2D eigenvalue weighted by Crippen LogP contribution is -2.42. The Hall–Kier alpha value is -1.31. The Labute approximate surface area is 115 Å². The maximum absolute atomic E-state index is 11.1. The summed E-state index contributed by atoms with van der Waals surface area (Å²) in [6.07, 6.45) is 1.19. The lowest BCUT2D eigenvalue weighted by molar-refractivity contribution is -0.139. The van der Waals surface area contributed by atoms with Crippen LogP contribution in [0.4, 0.5) is 0 Å². The normalized spacial score (nSPS) is 23.7. The van der Waals surface area contributed by atoms with Gasteiger partial charge in [0.25, 0.3) is 0 Å². The second-order valence-electron chi connectivity index (χ2n) is 7.15. The van der Waals surface area contributed by atoms with Crippen molar-refractivity contribution in [3.63, 3.8) is 0 Å². The van der Waals surface area contributed by atoms with Gasteiger partial charge in [-0.25, -0.2) is 0 Å². The Morgan fingerprint density at radius 3 is 2.47 bits per heavy atom. The van der Waals surface area contributed by atoms with Crippen LogP contribution in [-0.2, 0) is 15.6 Å². The zero-order valence-electron chi connectivity index (χ0n) is 12.6. The predicted octanol–water partition coefficient (Wildman–Crippen LogP) is 4.04. The summed E-state index contributed by atoms with van der Waals surface area (Å²) < 4.78 is 0. The van der Waals surface area contributed by atoms with Crippen LogP contribution in [0.2, 0.25) is 0 Å². The largest absolute Gasteiger partial charge is 0.481 e. The first-order valence-electron chi connectivity index (χ1n) is 6.98. The molecule has 1 aromatic rings. The number of aliphatic carboxylic acids is 1. The first-order chi connectivity index (χ1) is 8.64. The van der Waals surface area contributed by atoms with Crippen LogP contribution in [0.1, 0.15) is 57.2 Å². The molecule has 1 atom stereocenters. The van der Waals surface area contributed by atoms with E-state index in [1.54, 1.807) is 0 Å². The van der Waals surface area contributed by atoms with Gasteiger partial charge in [0.2, 0.25) is 0 Å². The first kappa shape index (κ1) is 14.1. The van der Waals surface area contributed by atoms with E-state index in [-0.39, 0.29) is 23.2 Å². The zero-order chi connectivity index (χ0) is 14.4. The minimum atomic E-state index is -0.690. The van der Waals surface area contributed by atoms with Gasteiger partial charge in [0.05, 0.1) is 0 Å². The summed E-state index contributed by atoms with van der Waals surface area (Å²) in [5.74, 6) is -0.501. The minimum absolute atomic E-state index is 0.0542. The molecule has 0 heterocycles. The van der Waals surface area contributed by atoms with Gasteiger partial charge in [0.1, 0.15) is 0 Å². The predicted molar refractivity (Wildman–Crippen MR) is 77.6 cm³/mol. The SMILES string of the molecule is Cc1ccc2c(c1)C(C)(C)C(CC(=O)O)CC2(C)C. The van der Waals surface area contributed by atoms with Gasteiger partial charge in [0.15, 0.2) is 0 Å². The van der Waals surface area contributed by atoms with Crippen molar-refractivity contribution >= 4 is 5.97 Å². The van der Waals surface area contributed by atoms with E-state index in [0.29, 0.717) is 0 Å². The number of hydrogen-bond acceptors (Lipinski definition) is 1. The molecule has 1 aromatic carbocycles. The minimum Gasteiger partial charge on any atom is -0.481 e. The lowest BCUT2D eigenvalue weighted by atomic mass is 9.57. The molecule has 0 spiro atoms. The highest BCUT2D eigenvalue weighted by molar-refractivity contribution is 5.67. The average molecular weight is 260 g/mol. The Bertz CT molecular complexity index is 512.